The van der Waals surface area contributed by atoms with Crippen molar-refractivity contribution in [2.24, 2.45) is 4.99 Å². The number of carbonyl (C=O) groups is 1. The molecule has 128 valence electrons. The van der Waals surface area contributed by atoms with Crippen molar-refractivity contribution in [1.82, 2.24) is 20.1 Å². The molecule has 0 unspecified atom stereocenters. The van der Waals surface area contributed by atoms with E-state index < -0.39 is 0 Å². The Morgan fingerprint density at radius 2 is 1.96 bits per heavy atom. The van der Waals surface area contributed by atoms with Gasteiger partial charge in [0.1, 0.15) is 0 Å². The van der Waals surface area contributed by atoms with Crippen molar-refractivity contribution < 1.29 is 4.79 Å². The Labute approximate surface area is 155 Å². The molecule has 0 bridgehead atoms. The number of rotatable bonds is 3. The van der Waals surface area contributed by atoms with E-state index in [1.54, 1.807) is 13.1 Å². The first-order valence-corrected chi connectivity index (χ1v) is 7.81. The number of halogens is 1. The van der Waals surface area contributed by atoms with Crippen LogP contribution >= 0.6 is 24.0 Å². The van der Waals surface area contributed by atoms with E-state index in [0.29, 0.717) is 6.54 Å². The summed E-state index contributed by atoms with van der Waals surface area (Å²) in [4.78, 5) is 24.6. The molecule has 1 aromatic rings. The minimum atomic E-state index is 0. The molecule has 0 saturated carbocycles. The van der Waals surface area contributed by atoms with Gasteiger partial charge >= 0.3 is 0 Å². The fraction of sp³-hybridized carbons (Fsp3) is 0.562. The third kappa shape index (κ3) is 5.63. The normalized spacial score (nSPS) is 15.2. The number of nitrogens with one attached hydrogen (secondary N) is 1. The molecule has 0 radical (unpaired) electrons. The molecular formula is C16H26IN5O. The van der Waals surface area contributed by atoms with Crippen molar-refractivity contribution in [1.29, 1.82) is 0 Å². The van der Waals surface area contributed by atoms with Crippen LogP contribution in [-0.2, 0) is 11.3 Å². The van der Waals surface area contributed by atoms with E-state index in [9.17, 15) is 4.79 Å². The zero-order chi connectivity index (χ0) is 15.9. The van der Waals surface area contributed by atoms with Crippen LogP contribution in [0.25, 0.3) is 0 Å². The van der Waals surface area contributed by atoms with Gasteiger partial charge in [0, 0.05) is 45.8 Å². The van der Waals surface area contributed by atoms with Gasteiger partial charge in [-0.1, -0.05) is 6.07 Å². The Balaban J connectivity index is 0.00000264. The van der Waals surface area contributed by atoms with Crippen LogP contribution in [0, 0.1) is 6.92 Å². The summed E-state index contributed by atoms with van der Waals surface area (Å²) in [5.74, 6) is 1.04. The third-order valence-electron chi connectivity index (χ3n) is 3.86. The van der Waals surface area contributed by atoms with Crippen molar-refractivity contribution in [3.05, 3.63) is 29.6 Å². The molecule has 1 saturated heterocycles. The number of pyridine rings is 1. The Morgan fingerprint density at radius 1 is 1.30 bits per heavy atom. The maximum absolute atomic E-state index is 11.4. The second-order valence-corrected chi connectivity index (χ2v) is 5.43. The van der Waals surface area contributed by atoms with Gasteiger partial charge in [-0.3, -0.25) is 9.78 Å². The maximum Gasteiger partial charge on any atom is 0.219 e. The van der Waals surface area contributed by atoms with Crippen LogP contribution in [0.5, 0.6) is 0 Å². The summed E-state index contributed by atoms with van der Waals surface area (Å²) >= 11 is 0. The topological polar surface area (TPSA) is 60.8 Å². The molecule has 1 aliphatic heterocycles. The number of piperazine rings is 1. The van der Waals surface area contributed by atoms with Gasteiger partial charge in [-0.05, 0) is 25.5 Å². The van der Waals surface area contributed by atoms with Gasteiger partial charge in [0.05, 0.1) is 12.2 Å². The van der Waals surface area contributed by atoms with Crippen LogP contribution < -0.4 is 5.32 Å². The first-order chi connectivity index (χ1) is 10.6. The van der Waals surface area contributed by atoms with Gasteiger partial charge in [0.2, 0.25) is 5.91 Å². The number of aliphatic imine (C=N–C) groups is 1. The monoisotopic (exact) mass is 431 g/mol. The van der Waals surface area contributed by atoms with Crippen LogP contribution in [-0.4, -0.2) is 59.4 Å². The highest BCUT2D eigenvalue weighted by molar-refractivity contribution is 14.0. The molecule has 1 aliphatic rings. The highest BCUT2D eigenvalue weighted by atomic mass is 127. The summed E-state index contributed by atoms with van der Waals surface area (Å²) in [6.07, 6.45) is 1.80. The second-order valence-electron chi connectivity index (χ2n) is 5.43. The van der Waals surface area contributed by atoms with Crippen LogP contribution in [0.15, 0.2) is 23.3 Å². The molecule has 0 aliphatic carbocycles. The molecule has 6 nitrogen and oxygen atoms in total. The maximum atomic E-state index is 11.4. The standard InChI is InChI=1S/C16H25N5O.HI/c1-4-17-16(19-12-15-13(2)6-5-7-18-15)21-10-8-20(9-11-21)14(3)22;/h5-7H,4,8-12H2,1-3H3,(H,17,19);1H. The van der Waals surface area contributed by atoms with E-state index in [4.69, 9.17) is 4.99 Å². The van der Waals surface area contributed by atoms with Crippen LogP contribution in [0.2, 0.25) is 0 Å². The molecule has 0 atom stereocenters. The van der Waals surface area contributed by atoms with E-state index in [0.717, 1.165) is 49.9 Å². The van der Waals surface area contributed by atoms with Gasteiger partial charge in [0.15, 0.2) is 5.96 Å². The van der Waals surface area contributed by atoms with Crippen molar-refractivity contribution in [2.45, 2.75) is 27.3 Å². The van der Waals surface area contributed by atoms with Crippen molar-refractivity contribution >= 4 is 35.8 Å². The molecule has 1 N–H and O–H groups in total. The lowest BCUT2D eigenvalue weighted by Gasteiger charge is -2.36. The van der Waals surface area contributed by atoms with E-state index in [2.05, 4.69) is 35.1 Å². The molecule has 0 aromatic carbocycles. The largest absolute Gasteiger partial charge is 0.357 e. The summed E-state index contributed by atoms with van der Waals surface area (Å²) in [5, 5.41) is 3.33. The number of amides is 1. The summed E-state index contributed by atoms with van der Waals surface area (Å²) < 4.78 is 0. The number of guanidine groups is 1. The predicted molar refractivity (Wildman–Crippen MR) is 103 cm³/mol. The van der Waals surface area contributed by atoms with Crippen molar-refractivity contribution in [2.75, 3.05) is 32.7 Å². The van der Waals surface area contributed by atoms with Gasteiger partial charge in [0.25, 0.3) is 0 Å². The predicted octanol–water partition coefficient (Wildman–Crippen LogP) is 1.64. The number of aryl methyl sites for hydroxylation is 1. The summed E-state index contributed by atoms with van der Waals surface area (Å²) in [6, 6.07) is 3.99. The molecule has 0 spiro atoms. The smallest absolute Gasteiger partial charge is 0.219 e. The van der Waals surface area contributed by atoms with Crippen LogP contribution in [0.4, 0.5) is 0 Å². The van der Waals surface area contributed by atoms with Gasteiger partial charge in [-0.25, -0.2) is 4.99 Å². The number of hydrogen-bond donors (Lipinski definition) is 1. The Kier molecular flexibility index (Phi) is 8.29. The average Bonchev–Trinajstić information content (AvgIpc) is 2.53. The minimum absolute atomic E-state index is 0. The third-order valence-corrected chi connectivity index (χ3v) is 3.86. The zero-order valence-corrected chi connectivity index (χ0v) is 16.4. The Hall–Kier alpha value is -1.38. The van der Waals surface area contributed by atoms with E-state index >= 15 is 0 Å². The fourth-order valence-corrected chi connectivity index (χ4v) is 2.49. The van der Waals surface area contributed by atoms with Gasteiger partial charge < -0.3 is 15.1 Å². The Bertz CT molecular complexity index is 541. The quantitative estimate of drug-likeness (QED) is 0.449. The lowest BCUT2D eigenvalue weighted by molar-refractivity contribution is -0.130. The van der Waals surface area contributed by atoms with E-state index in [1.807, 2.05) is 11.0 Å². The number of hydrogen-bond acceptors (Lipinski definition) is 3. The van der Waals surface area contributed by atoms with Gasteiger partial charge in [-0.2, -0.15) is 0 Å². The van der Waals surface area contributed by atoms with E-state index in [1.165, 1.54) is 0 Å². The zero-order valence-electron chi connectivity index (χ0n) is 14.1. The molecule has 2 rings (SSSR count). The average molecular weight is 431 g/mol. The van der Waals surface area contributed by atoms with Crippen molar-refractivity contribution in [3.8, 4) is 0 Å². The first-order valence-electron chi connectivity index (χ1n) is 7.81. The molecule has 2 heterocycles. The highest BCUT2D eigenvalue weighted by Gasteiger charge is 2.20. The lowest BCUT2D eigenvalue weighted by Crippen LogP contribution is -2.53. The fourth-order valence-electron chi connectivity index (χ4n) is 2.49. The molecule has 1 aromatic heterocycles. The van der Waals surface area contributed by atoms with Crippen molar-refractivity contribution in [3.63, 3.8) is 0 Å². The van der Waals surface area contributed by atoms with Crippen LogP contribution in [0.1, 0.15) is 25.1 Å². The molecule has 1 fully saturated rings. The van der Waals surface area contributed by atoms with Gasteiger partial charge in [-0.15, -0.1) is 24.0 Å². The summed E-state index contributed by atoms with van der Waals surface area (Å²) in [6.45, 7) is 10.3. The number of aromatic nitrogens is 1. The molecule has 23 heavy (non-hydrogen) atoms. The SMILES string of the molecule is CCNC(=NCc1ncccc1C)N1CCN(C(C)=O)CC1.I. The highest BCUT2D eigenvalue weighted by Crippen LogP contribution is 2.07. The van der Waals surface area contributed by atoms with Crippen LogP contribution in [0.3, 0.4) is 0 Å². The van der Waals surface area contributed by atoms with E-state index in [-0.39, 0.29) is 29.9 Å². The first kappa shape index (κ1) is 19.7. The molecular weight excluding hydrogens is 405 g/mol. The minimum Gasteiger partial charge on any atom is -0.357 e. The number of nitrogens with zero attached hydrogens (tertiary/aromatic N) is 4. The summed E-state index contributed by atoms with van der Waals surface area (Å²) in [5.41, 5.74) is 2.16. The summed E-state index contributed by atoms with van der Waals surface area (Å²) in [7, 11) is 0. The lowest BCUT2D eigenvalue weighted by atomic mass is 10.2. The number of carbonyl (C=O) groups excluding carboxylic acids is 1. The second kappa shape index (κ2) is 9.69. The Morgan fingerprint density at radius 3 is 2.52 bits per heavy atom. The molecule has 7 heteroatoms. The molecule has 1 amide bonds.